The summed E-state index contributed by atoms with van der Waals surface area (Å²) in [6.45, 7) is 6.14. The van der Waals surface area contributed by atoms with Crippen molar-refractivity contribution in [3.8, 4) is 11.5 Å². The van der Waals surface area contributed by atoms with E-state index in [0.29, 0.717) is 18.1 Å². The maximum Gasteiger partial charge on any atom is 0.130 e. The first kappa shape index (κ1) is 15.5. The summed E-state index contributed by atoms with van der Waals surface area (Å²) in [6, 6.07) is 12.5. The number of nitrogens with two attached hydrogens (primary N) is 1. The molecule has 2 aromatic rings. The van der Waals surface area contributed by atoms with E-state index in [1.807, 2.05) is 25.1 Å². The minimum absolute atomic E-state index is 0.0468. The number of para-hydroxylation sites is 1. The fourth-order valence-corrected chi connectivity index (χ4v) is 2.32. The molecule has 0 spiro atoms. The van der Waals surface area contributed by atoms with Crippen molar-refractivity contribution < 1.29 is 9.13 Å². The van der Waals surface area contributed by atoms with E-state index >= 15 is 0 Å². The molecular formula is C18H22FNO. The van der Waals surface area contributed by atoms with Crippen molar-refractivity contribution in [3.63, 3.8) is 0 Å². The zero-order valence-corrected chi connectivity index (χ0v) is 12.8. The maximum absolute atomic E-state index is 13.4. The lowest BCUT2D eigenvalue weighted by Gasteiger charge is -2.17. The van der Waals surface area contributed by atoms with Crippen LogP contribution in [0.5, 0.6) is 11.5 Å². The summed E-state index contributed by atoms with van der Waals surface area (Å²) in [7, 11) is 0. The van der Waals surface area contributed by atoms with Crippen LogP contribution in [0.4, 0.5) is 4.39 Å². The van der Waals surface area contributed by atoms with Gasteiger partial charge in [0.25, 0.3) is 0 Å². The summed E-state index contributed by atoms with van der Waals surface area (Å²) in [5.74, 6) is 1.57. The molecule has 0 aliphatic carbocycles. The molecule has 1 unspecified atom stereocenters. The molecule has 2 N–H and O–H groups in total. The number of halogens is 1. The molecule has 0 fully saturated rings. The standard InChI is InChI=1S/C18H22FNO/c1-12(2)16-6-4-5-7-18(16)21-17-9-8-15(19)11-14(17)10-13(3)20/h4-9,11-13H,10,20H2,1-3H3. The Morgan fingerprint density at radius 2 is 1.76 bits per heavy atom. The van der Waals surface area contributed by atoms with Gasteiger partial charge in [-0.15, -0.1) is 0 Å². The Bertz CT molecular complexity index is 608. The molecule has 0 aliphatic rings. The van der Waals surface area contributed by atoms with Crippen LogP contribution in [-0.4, -0.2) is 6.04 Å². The lowest BCUT2D eigenvalue weighted by atomic mass is 10.0. The molecule has 0 radical (unpaired) electrons. The molecule has 0 aliphatic heterocycles. The van der Waals surface area contributed by atoms with Crippen molar-refractivity contribution in [2.45, 2.75) is 39.2 Å². The second-order valence-electron chi connectivity index (χ2n) is 5.73. The largest absolute Gasteiger partial charge is 0.457 e. The van der Waals surface area contributed by atoms with Gasteiger partial charge in [-0.25, -0.2) is 4.39 Å². The van der Waals surface area contributed by atoms with Crippen molar-refractivity contribution in [1.29, 1.82) is 0 Å². The molecule has 0 amide bonds. The van der Waals surface area contributed by atoms with Crippen LogP contribution in [0.2, 0.25) is 0 Å². The lowest BCUT2D eigenvalue weighted by molar-refractivity contribution is 0.462. The highest BCUT2D eigenvalue weighted by molar-refractivity contribution is 5.43. The average Bonchev–Trinajstić information content (AvgIpc) is 2.41. The van der Waals surface area contributed by atoms with Gasteiger partial charge in [0.1, 0.15) is 17.3 Å². The molecule has 0 saturated carbocycles. The Morgan fingerprint density at radius 3 is 2.43 bits per heavy atom. The monoisotopic (exact) mass is 287 g/mol. The van der Waals surface area contributed by atoms with E-state index < -0.39 is 0 Å². The predicted molar refractivity (Wildman–Crippen MR) is 84.4 cm³/mol. The zero-order valence-electron chi connectivity index (χ0n) is 12.8. The maximum atomic E-state index is 13.4. The molecule has 21 heavy (non-hydrogen) atoms. The molecule has 2 rings (SSSR count). The summed E-state index contributed by atoms with van der Waals surface area (Å²) in [6.07, 6.45) is 0.580. The van der Waals surface area contributed by atoms with Crippen molar-refractivity contribution in [1.82, 2.24) is 0 Å². The summed E-state index contributed by atoms with van der Waals surface area (Å²) in [5.41, 5.74) is 7.76. The zero-order chi connectivity index (χ0) is 15.4. The number of ether oxygens (including phenoxy) is 1. The van der Waals surface area contributed by atoms with E-state index in [1.54, 1.807) is 6.07 Å². The van der Waals surface area contributed by atoms with Crippen molar-refractivity contribution in [2.75, 3.05) is 0 Å². The molecule has 0 heterocycles. The smallest absolute Gasteiger partial charge is 0.130 e. The molecule has 3 heteroatoms. The van der Waals surface area contributed by atoms with Gasteiger partial charge in [0.15, 0.2) is 0 Å². The van der Waals surface area contributed by atoms with Gasteiger partial charge in [-0.3, -0.25) is 0 Å². The Labute approximate surface area is 125 Å². The highest BCUT2D eigenvalue weighted by Gasteiger charge is 2.12. The van der Waals surface area contributed by atoms with E-state index in [1.165, 1.54) is 12.1 Å². The van der Waals surface area contributed by atoms with E-state index in [-0.39, 0.29) is 11.9 Å². The Balaban J connectivity index is 2.35. The van der Waals surface area contributed by atoms with Crippen molar-refractivity contribution >= 4 is 0 Å². The number of hydrogen-bond donors (Lipinski definition) is 1. The first-order valence-electron chi connectivity index (χ1n) is 7.28. The average molecular weight is 287 g/mol. The van der Waals surface area contributed by atoms with E-state index in [9.17, 15) is 4.39 Å². The molecule has 0 saturated heterocycles. The van der Waals surface area contributed by atoms with Gasteiger partial charge in [0.2, 0.25) is 0 Å². The van der Waals surface area contributed by atoms with Crippen LogP contribution < -0.4 is 10.5 Å². The molecule has 2 nitrogen and oxygen atoms in total. The fourth-order valence-electron chi connectivity index (χ4n) is 2.32. The lowest BCUT2D eigenvalue weighted by Crippen LogP contribution is -2.18. The van der Waals surface area contributed by atoms with E-state index in [4.69, 9.17) is 10.5 Å². The summed E-state index contributed by atoms with van der Waals surface area (Å²) >= 11 is 0. The van der Waals surface area contributed by atoms with Gasteiger partial charge in [0, 0.05) is 6.04 Å². The van der Waals surface area contributed by atoms with Crippen molar-refractivity contribution in [2.24, 2.45) is 5.73 Å². The normalized spacial score (nSPS) is 12.5. The minimum atomic E-state index is -0.268. The third kappa shape index (κ3) is 4.05. The van der Waals surface area contributed by atoms with Gasteiger partial charge in [-0.1, -0.05) is 32.0 Å². The van der Waals surface area contributed by atoms with Crippen LogP contribution in [0.3, 0.4) is 0 Å². The third-order valence-electron chi connectivity index (χ3n) is 3.33. The molecule has 2 aromatic carbocycles. The van der Waals surface area contributed by atoms with Gasteiger partial charge in [-0.2, -0.15) is 0 Å². The first-order chi connectivity index (χ1) is 9.97. The van der Waals surface area contributed by atoms with Crippen LogP contribution >= 0.6 is 0 Å². The Kier molecular flexibility index (Phi) is 4.97. The molecule has 1 atom stereocenters. The topological polar surface area (TPSA) is 35.2 Å². The van der Waals surface area contributed by atoms with Crippen molar-refractivity contribution in [3.05, 3.63) is 59.4 Å². The Morgan fingerprint density at radius 1 is 1.05 bits per heavy atom. The quantitative estimate of drug-likeness (QED) is 0.870. The van der Waals surface area contributed by atoms with Crippen LogP contribution in [-0.2, 0) is 6.42 Å². The van der Waals surface area contributed by atoms with Gasteiger partial charge >= 0.3 is 0 Å². The Hall–Kier alpha value is -1.87. The molecule has 0 bridgehead atoms. The summed E-state index contributed by atoms with van der Waals surface area (Å²) in [4.78, 5) is 0. The van der Waals surface area contributed by atoms with Crippen LogP contribution in [0.25, 0.3) is 0 Å². The molecular weight excluding hydrogens is 265 g/mol. The summed E-state index contributed by atoms with van der Waals surface area (Å²) in [5, 5.41) is 0. The third-order valence-corrected chi connectivity index (χ3v) is 3.33. The minimum Gasteiger partial charge on any atom is -0.457 e. The van der Waals surface area contributed by atoms with E-state index in [2.05, 4.69) is 19.9 Å². The van der Waals surface area contributed by atoms with Gasteiger partial charge < -0.3 is 10.5 Å². The van der Waals surface area contributed by atoms with Crippen LogP contribution in [0, 0.1) is 5.82 Å². The summed E-state index contributed by atoms with van der Waals surface area (Å²) < 4.78 is 19.5. The van der Waals surface area contributed by atoms with Gasteiger partial charge in [0.05, 0.1) is 0 Å². The highest BCUT2D eigenvalue weighted by Crippen LogP contribution is 2.32. The second kappa shape index (κ2) is 6.72. The SMILES string of the molecule is CC(N)Cc1cc(F)ccc1Oc1ccccc1C(C)C. The first-order valence-corrected chi connectivity index (χ1v) is 7.28. The highest BCUT2D eigenvalue weighted by atomic mass is 19.1. The number of hydrogen-bond acceptors (Lipinski definition) is 2. The van der Waals surface area contributed by atoms with Gasteiger partial charge in [-0.05, 0) is 54.7 Å². The molecule has 0 aromatic heterocycles. The predicted octanol–water partition coefficient (Wildman–Crippen LogP) is 4.63. The molecule has 112 valence electrons. The number of rotatable bonds is 5. The second-order valence-corrected chi connectivity index (χ2v) is 5.73. The van der Waals surface area contributed by atoms with E-state index in [0.717, 1.165) is 16.9 Å². The fraction of sp³-hybridized carbons (Fsp3) is 0.333. The van der Waals surface area contributed by atoms with Crippen LogP contribution in [0.15, 0.2) is 42.5 Å². The number of benzene rings is 2. The van der Waals surface area contributed by atoms with Crippen LogP contribution in [0.1, 0.15) is 37.8 Å².